The number of aliphatic hydroxyl groups is 1. The molecule has 0 radical (unpaired) electrons. The highest BCUT2D eigenvalue weighted by Crippen LogP contribution is 2.20. The monoisotopic (exact) mass is 347 g/mol. The summed E-state index contributed by atoms with van der Waals surface area (Å²) < 4.78 is 25.7. The standard InChI is InChI=1S/C19H19F2NO3/c1-19(25,14-4-8-16(21)9-5-14)12-22-18(24)11-10-17(23)13-2-6-15(20)7-3-13/h2-9,25H,10-12H2,1H3,(H,22,24). The zero-order valence-electron chi connectivity index (χ0n) is 13.8. The number of Topliss-reactive ketones (excluding diaryl/α,β-unsaturated/α-hetero) is 1. The molecular formula is C19H19F2NO3. The van der Waals surface area contributed by atoms with Gasteiger partial charge in [-0.15, -0.1) is 0 Å². The van der Waals surface area contributed by atoms with E-state index in [1.54, 1.807) is 0 Å². The SMILES string of the molecule is CC(O)(CNC(=O)CCC(=O)c1ccc(F)cc1)c1ccc(F)cc1. The minimum atomic E-state index is -1.36. The number of halogens is 2. The van der Waals surface area contributed by atoms with Crippen LogP contribution in [0.2, 0.25) is 0 Å². The fourth-order valence-electron chi connectivity index (χ4n) is 2.28. The van der Waals surface area contributed by atoms with Crippen molar-refractivity contribution in [2.24, 2.45) is 0 Å². The average Bonchev–Trinajstić information content (AvgIpc) is 2.59. The molecule has 1 amide bonds. The fraction of sp³-hybridized carbons (Fsp3) is 0.263. The van der Waals surface area contributed by atoms with Crippen LogP contribution in [0.25, 0.3) is 0 Å². The normalized spacial score (nSPS) is 13.1. The lowest BCUT2D eigenvalue weighted by atomic mass is 9.96. The Kier molecular flexibility index (Phi) is 5.98. The van der Waals surface area contributed by atoms with Gasteiger partial charge in [-0.1, -0.05) is 12.1 Å². The first-order chi connectivity index (χ1) is 11.8. The van der Waals surface area contributed by atoms with Gasteiger partial charge in [-0.3, -0.25) is 9.59 Å². The Morgan fingerprint density at radius 3 is 2.04 bits per heavy atom. The zero-order chi connectivity index (χ0) is 18.4. The van der Waals surface area contributed by atoms with E-state index >= 15 is 0 Å². The molecule has 0 aliphatic rings. The Hall–Kier alpha value is -2.60. The predicted octanol–water partition coefficient (Wildman–Crippen LogP) is 2.95. The summed E-state index contributed by atoms with van der Waals surface area (Å²) in [6.07, 6.45) is -0.0636. The van der Waals surface area contributed by atoms with E-state index in [2.05, 4.69) is 5.32 Å². The van der Waals surface area contributed by atoms with Crippen LogP contribution in [0.3, 0.4) is 0 Å². The molecule has 2 N–H and O–H groups in total. The van der Waals surface area contributed by atoms with E-state index in [-0.39, 0.29) is 25.2 Å². The highest BCUT2D eigenvalue weighted by atomic mass is 19.1. The second-order valence-electron chi connectivity index (χ2n) is 5.99. The van der Waals surface area contributed by atoms with Crippen molar-refractivity contribution < 1.29 is 23.5 Å². The van der Waals surface area contributed by atoms with Crippen LogP contribution < -0.4 is 5.32 Å². The number of carbonyl (C=O) groups is 2. The van der Waals surface area contributed by atoms with Gasteiger partial charge in [0.15, 0.2) is 5.78 Å². The summed E-state index contributed by atoms with van der Waals surface area (Å²) in [6.45, 7) is 1.44. The summed E-state index contributed by atoms with van der Waals surface area (Å²) in [4.78, 5) is 23.8. The van der Waals surface area contributed by atoms with E-state index in [0.717, 1.165) is 0 Å². The van der Waals surface area contributed by atoms with Gasteiger partial charge >= 0.3 is 0 Å². The molecule has 1 atom stereocenters. The molecule has 4 nitrogen and oxygen atoms in total. The van der Waals surface area contributed by atoms with E-state index in [4.69, 9.17) is 0 Å². The first kappa shape index (κ1) is 18.7. The molecule has 0 heterocycles. The average molecular weight is 347 g/mol. The molecule has 6 heteroatoms. The maximum absolute atomic E-state index is 12.9. The second kappa shape index (κ2) is 7.98. The molecule has 2 rings (SSSR count). The summed E-state index contributed by atoms with van der Waals surface area (Å²) in [5.74, 6) is -1.50. The number of benzene rings is 2. The van der Waals surface area contributed by atoms with Crippen molar-refractivity contribution in [2.45, 2.75) is 25.4 Å². The highest BCUT2D eigenvalue weighted by Gasteiger charge is 2.24. The maximum atomic E-state index is 12.9. The minimum absolute atomic E-state index is 0.0177. The molecule has 2 aromatic rings. The van der Waals surface area contributed by atoms with Crippen LogP contribution in [0, 0.1) is 11.6 Å². The summed E-state index contributed by atoms with van der Waals surface area (Å²) in [7, 11) is 0. The van der Waals surface area contributed by atoms with E-state index in [1.165, 1.54) is 55.5 Å². The van der Waals surface area contributed by atoms with E-state index in [1.807, 2.05) is 0 Å². The van der Waals surface area contributed by atoms with Gasteiger partial charge in [0.25, 0.3) is 0 Å². The third-order valence-corrected chi connectivity index (χ3v) is 3.84. The van der Waals surface area contributed by atoms with Crippen LogP contribution in [-0.2, 0) is 10.4 Å². The molecule has 132 valence electrons. The van der Waals surface area contributed by atoms with Crippen molar-refractivity contribution in [3.05, 3.63) is 71.3 Å². The number of ketones is 1. The van der Waals surface area contributed by atoms with Crippen LogP contribution in [-0.4, -0.2) is 23.3 Å². The molecule has 0 aromatic heterocycles. The summed E-state index contributed by atoms with van der Waals surface area (Å²) in [5, 5.41) is 12.9. The van der Waals surface area contributed by atoms with Crippen LogP contribution in [0.4, 0.5) is 8.78 Å². The summed E-state index contributed by atoms with van der Waals surface area (Å²) in [5.41, 5.74) is -0.547. The number of nitrogens with one attached hydrogen (secondary N) is 1. The van der Waals surface area contributed by atoms with Gasteiger partial charge in [0, 0.05) is 18.4 Å². The highest BCUT2D eigenvalue weighted by molar-refractivity contribution is 5.97. The number of rotatable bonds is 7. The smallest absolute Gasteiger partial charge is 0.220 e. The molecule has 0 fully saturated rings. The van der Waals surface area contributed by atoms with Crippen molar-refractivity contribution in [3.8, 4) is 0 Å². The van der Waals surface area contributed by atoms with Gasteiger partial charge < -0.3 is 10.4 Å². The Morgan fingerprint density at radius 2 is 1.48 bits per heavy atom. The Labute approximate surface area is 144 Å². The van der Waals surface area contributed by atoms with E-state index in [9.17, 15) is 23.5 Å². The molecule has 0 bridgehead atoms. The van der Waals surface area contributed by atoms with Crippen LogP contribution in [0.5, 0.6) is 0 Å². The fourth-order valence-corrected chi connectivity index (χ4v) is 2.28. The van der Waals surface area contributed by atoms with Gasteiger partial charge in [-0.2, -0.15) is 0 Å². The number of hydrogen-bond acceptors (Lipinski definition) is 3. The zero-order valence-corrected chi connectivity index (χ0v) is 13.8. The van der Waals surface area contributed by atoms with Crippen molar-refractivity contribution in [3.63, 3.8) is 0 Å². The van der Waals surface area contributed by atoms with Gasteiger partial charge in [0.1, 0.15) is 17.2 Å². The van der Waals surface area contributed by atoms with Gasteiger partial charge in [-0.05, 0) is 48.9 Å². The number of hydrogen-bond donors (Lipinski definition) is 2. The van der Waals surface area contributed by atoms with Crippen molar-refractivity contribution in [1.29, 1.82) is 0 Å². The van der Waals surface area contributed by atoms with Crippen LogP contribution >= 0.6 is 0 Å². The first-order valence-electron chi connectivity index (χ1n) is 7.82. The summed E-state index contributed by atoms with van der Waals surface area (Å²) >= 11 is 0. The molecule has 0 spiro atoms. The Bertz CT molecular complexity index is 740. The third-order valence-electron chi connectivity index (χ3n) is 3.84. The second-order valence-corrected chi connectivity index (χ2v) is 5.99. The lowest BCUT2D eigenvalue weighted by Crippen LogP contribution is -2.38. The number of carbonyl (C=O) groups excluding carboxylic acids is 2. The van der Waals surface area contributed by atoms with E-state index < -0.39 is 23.1 Å². The predicted molar refractivity (Wildman–Crippen MR) is 88.9 cm³/mol. The topological polar surface area (TPSA) is 66.4 Å². The molecule has 0 aliphatic heterocycles. The van der Waals surface area contributed by atoms with Crippen molar-refractivity contribution >= 4 is 11.7 Å². The number of amides is 1. The third kappa shape index (κ3) is 5.46. The van der Waals surface area contributed by atoms with Gasteiger partial charge in [0.2, 0.25) is 5.91 Å². The molecular weight excluding hydrogens is 328 g/mol. The lowest BCUT2D eigenvalue weighted by Gasteiger charge is -2.24. The lowest BCUT2D eigenvalue weighted by molar-refractivity contribution is -0.122. The molecule has 0 aliphatic carbocycles. The minimum Gasteiger partial charge on any atom is -0.384 e. The Balaban J connectivity index is 1.82. The molecule has 25 heavy (non-hydrogen) atoms. The molecule has 2 aromatic carbocycles. The molecule has 0 saturated heterocycles. The van der Waals surface area contributed by atoms with Crippen LogP contribution in [0.1, 0.15) is 35.7 Å². The van der Waals surface area contributed by atoms with E-state index in [0.29, 0.717) is 11.1 Å². The Morgan fingerprint density at radius 1 is 0.960 bits per heavy atom. The maximum Gasteiger partial charge on any atom is 0.220 e. The van der Waals surface area contributed by atoms with Gasteiger partial charge in [-0.25, -0.2) is 8.78 Å². The molecule has 0 saturated carbocycles. The quantitative estimate of drug-likeness (QED) is 0.757. The van der Waals surface area contributed by atoms with Crippen molar-refractivity contribution in [2.75, 3.05) is 6.54 Å². The summed E-state index contributed by atoms with van der Waals surface area (Å²) in [6, 6.07) is 10.5. The van der Waals surface area contributed by atoms with Crippen molar-refractivity contribution in [1.82, 2.24) is 5.32 Å². The largest absolute Gasteiger partial charge is 0.384 e. The molecule has 1 unspecified atom stereocenters. The first-order valence-corrected chi connectivity index (χ1v) is 7.82. The van der Waals surface area contributed by atoms with Gasteiger partial charge in [0.05, 0.1) is 6.54 Å². The van der Waals surface area contributed by atoms with Crippen LogP contribution in [0.15, 0.2) is 48.5 Å².